The molecular formula is C14H19ClN4. The average Bonchev–Trinajstić information content (AvgIpc) is 2.56. The average molecular weight is 279 g/mol. The van der Waals surface area contributed by atoms with Gasteiger partial charge in [0, 0.05) is 19.7 Å². The second kappa shape index (κ2) is 5.31. The van der Waals surface area contributed by atoms with E-state index in [9.17, 15) is 0 Å². The van der Waals surface area contributed by atoms with Crippen molar-refractivity contribution in [3.05, 3.63) is 45.5 Å². The first kappa shape index (κ1) is 14.0. The van der Waals surface area contributed by atoms with Gasteiger partial charge in [0.15, 0.2) is 0 Å². The van der Waals surface area contributed by atoms with Crippen LogP contribution in [0, 0.1) is 20.8 Å². The minimum Gasteiger partial charge on any atom is -0.322 e. The third kappa shape index (κ3) is 2.80. The molecule has 0 bridgehead atoms. The normalized spacial score (nSPS) is 12.7. The van der Waals surface area contributed by atoms with Gasteiger partial charge in [-0.3, -0.25) is 9.67 Å². The molecule has 0 saturated heterocycles. The fourth-order valence-corrected chi connectivity index (χ4v) is 2.56. The third-order valence-electron chi connectivity index (χ3n) is 3.28. The Balaban J connectivity index is 2.28. The van der Waals surface area contributed by atoms with Gasteiger partial charge >= 0.3 is 0 Å². The van der Waals surface area contributed by atoms with Gasteiger partial charge in [-0.05, 0) is 31.9 Å². The van der Waals surface area contributed by atoms with E-state index in [1.54, 1.807) is 4.68 Å². The molecule has 4 nitrogen and oxygen atoms in total. The van der Waals surface area contributed by atoms with Gasteiger partial charge in [0.2, 0.25) is 0 Å². The minimum atomic E-state index is -0.173. The molecule has 1 unspecified atom stereocenters. The van der Waals surface area contributed by atoms with Crippen molar-refractivity contribution >= 4 is 11.6 Å². The number of nitrogens with two attached hydrogens (primary N) is 1. The van der Waals surface area contributed by atoms with Gasteiger partial charge in [0.05, 0.1) is 28.1 Å². The van der Waals surface area contributed by atoms with Crippen molar-refractivity contribution in [3.63, 3.8) is 0 Å². The van der Waals surface area contributed by atoms with Gasteiger partial charge in [-0.1, -0.05) is 17.7 Å². The molecule has 2 heterocycles. The van der Waals surface area contributed by atoms with Crippen molar-refractivity contribution in [1.82, 2.24) is 14.8 Å². The van der Waals surface area contributed by atoms with E-state index in [0.717, 1.165) is 28.2 Å². The zero-order valence-electron chi connectivity index (χ0n) is 11.7. The van der Waals surface area contributed by atoms with Crippen LogP contribution in [0.5, 0.6) is 0 Å². The summed E-state index contributed by atoms with van der Waals surface area (Å²) in [6, 6.07) is 1.92. The van der Waals surface area contributed by atoms with Gasteiger partial charge < -0.3 is 5.73 Å². The van der Waals surface area contributed by atoms with Crippen molar-refractivity contribution in [3.8, 4) is 0 Å². The lowest BCUT2D eigenvalue weighted by Gasteiger charge is -2.14. The highest BCUT2D eigenvalue weighted by molar-refractivity contribution is 6.31. The van der Waals surface area contributed by atoms with Crippen LogP contribution in [0.2, 0.25) is 5.02 Å². The van der Waals surface area contributed by atoms with Crippen LogP contribution in [0.25, 0.3) is 0 Å². The summed E-state index contributed by atoms with van der Waals surface area (Å²) < 4.78 is 1.79. The molecule has 0 saturated carbocycles. The molecule has 0 aromatic carbocycles. The number of nitrogens with zero attached hydrogens (tertiary/aromatic N) is 3. The lowest BCUT2D eigenvalue weighted by atomic mass is 10.0. The summed E-state index contributed by atoms with van der Waals surface area (Å²) in [6.45, 7) is 5.95. The molecular weight excluding hydrogens is 260 g/mol. The maximum atomic E-state index is 6.26. The Kier molecular flexibility index (Phi) is 3.92. The molecule has 102 valence electrons. The van der Waals surface area contributed by atoms with E-state index < -0.39 is 0 Å². The van der Waals surface area contributed by atoms with E-state index >= 15 is 0 Å². The van der Waals surface area contributed by atoms with Crippen molar-refractivity contribution in [2.24, 2.45) is 12.8 Å². The molecule has 0 fully saturated rings. The highest BCUT2D eigenvalue weighted by atomic mass is 35.5. The number of aryl methyl sites for hydroxylation is 4. The van der Waals surface area contributed by atoms with Crippen LogP contribution in [-0.4, -0.2) is 14.8 Å². The van der Waals surface area contributed by atoms with E-state index in [0.29, 0.717) is 11.4 Å². The Bertz CT molecular complexity index is 604. The molecule has 1 atom stereocenters. The summed E-state index contributed by atoms with van der Waals surface area (Å²) in [5, 5.41) is 5.00. The molecule has 0 aliphatic carbocycles. The largest absolute Gasteiger partial charge is 0.322 e. The van der Waals surface area contributed by atoms with Gasteiger partial charge in [0.25, 0.3) is 0 Å². The highest BCUT2D eigenvalue weighted by Gasteiger charge is 2.17. The van der Waals surface area contributed by atoms with Crippen molar-refractivity contribution < 1.29 is 0 Å². The number of halogens is 1. The summed E-state index contributed by atoms with van der Waals surface area (Å²) in [6.07, 6.45) is 2.48. The number of aromatic nitrogens is 3. The maximum absolute atomic E-state index is 6.26. The molecule has 0 radical (unpaired) electrons. The highest BCUT2D eigenvalue weighted by Crippen LogP contribution is 2.25. The summed E-state index contributed by atoms with van der Waals surface area (Å²) >= 11 is 6.25. The first-order valence-electron chi connectivity index (χ1n) is 6.27. The summed E-state index contributed by atoms with van der Waals surface area (Å²) in [7, 11) is 1.89. The van der Waals surface area contributed by atoms with Gasteiger partial charge in [-0.25, -0.2) is 0 Å². The molecule has 2 rings (SSSR count). The van der Waals surface area contributed by atoms with E-state index in [4.69, 9.17) is 17.3 Å². The number of rotatable bonds is 3. The molecule has 2 aromatic heterocycles. The maximum Gasteiger partial charge on any atom is 0.0847 e. The molecule has 5 heteroatoms. The minimum absolute atomic E-state index is 0.173. The molecule has 2 N–H and O–H groups in total. The first-order valence-corrected chi connectivity index (χ1v) is 6.64. The summed E-state index contributed by atoms with van der Waals surface area (Å²) in [4.78, 5) is 4.44. The number of hydrogen-bond donors (Lipinski definition) is 1. The van der Waals surface area contributed by atoms with Crippen LogP contribution < -0.4 is 5.73 Å². The van der Waals surface area contributed by atoms with Crippen LogP contribution in [0.3, 0.4) is 0 Å². The van der Waals surface area contributed by atoms with Gasteiger partial charge in [0.1, 0.15) is 0 Å². The topological polar surface area (TPSA) is 56.7 Å². The van der Waals surface area contributed by atoms with E-state index in [2.05, 4.69) is 16.1 Å². The lowest BCUT2D eigenvalue weighted by Crippen LogP contribution is -2.18. The monoisotopic (exact) mass is 278 g/mol. The van der Waals surface area contributed by atoms with Crippen LogP contribution in [0.1, 0.15) is 34.3 Å². The lowest BCUT2D eigenvalue weighted by molar-refractivity contribution is 0.625. The predicted molar refractivity (Wildman–Crippen MR) is 77.3 cm³/mol. The van der Waals surface area contributed by atoms with E-state index in [1.807, 2.05) is 34.0 Å². The van der Waals surface area contributed by atoms with Crippen LogP contribution in [0.15, 0.2) is 12.3 Å². The smallest absolute Gasteiger partial charge is 0.0847 e. The first-order chi connectivity index (χ1) is 8.90. The molecule has 0 aliphatic heterocycles. The molecule has 0 aliphatic rings. The zero-order chi connectivity index (χ0) is 14.2. The SMILES string of the molecule is Cc1cnc(C(N)Cc2c(Cl)c(C)nn2C)c(C)c1. The third-order valence-corrected chi connectivity index (χ3v) is 3.77. The molecule has 0 spiro atoms. The van der Waals surface area contributed by atoms with E-state index in [-0.39, 0.29) is 6.04 Å². The zero-order valence-corrected chi connectivity index (χ0v) is 12.5. The quantitative estimate of drug-likeness (QED) is 0.939. The van der Waals surface area contributed by atoms with Gasteiger partial charge in [-0.2, -0.15) is 5.10 Å². The molecule has 2 aromatic rings. The van der Waals surface area contributed by atoms with Crippen LogP contribution >= 0.6 is 11.6 Å². The Morgan fingerprint density at radius 3 is 2.58 bits per heavy atom. The standard InChI is InChI=1S/C14H19ClN4/c1-8-5-9(2)14(17-7-8)11(16)6-12-13(15)10(3)18-19(12)4/h5,7,11H,6,16H2,1-4H3. The van der Waals surface area contributed by atoms with Crippen molar-refractivity contribution in [1.29, 1.82) is 0 Å². The summed E-state index contributed by atoms with van der Waals surface area (Å²) in [5.41, 5.74) is 11.2. The number of hydrogen-bond acceptors (Lipinski definition) is 3. The summed E-state index contributed by atoms with van der Waals surface area (Å²) in [5.74, 6) is 0. The Morgan fingerprint density at radius 2 is 2.05 bits per heavy atom. The number of pyridine rings is 1. The fourth-order valence-electron chi connectivity index (χ4n) is 2.32. The Labute approximate surface area is 118 Å². The molecule has 19 heavy (non-hydrogen) atoms. The second-order valence-corrected chi connectivity index (χ2v) is 5.37. The van der Waals surface area contributed by atoms with Crippen molar-refractivity contribution in [2.75, 3.05) is 0 Å². The predicted octanol–water partition coefficient (Wildman–Crippen LogP) is 2.64. The van der Waals surface area contributed by atoms with Gasteiger partial charge in [-0.15, -0.1) is 0 Å². The molecule has 0 amide bonds. The Morgan fingerprint density at radius 1 is 1.37 bits per heavy atom. The van der Waals surface area contributed by atoms with E-state index in [1.165, 1.54) is 0 Å². The fraction of sp³-hybridized carbons (Fsp3) is 0.429. The van der Waals surface area contributed by atoms with Crippen molar-refractivity contribution in [2.45, 2.75) is 33.2 Å². The second-order valence-electron chi connectivity index (χ2n) is 5.00. The van der Waals surface area contributed by atoms with Crippen LogP contribution in [-0.2, 0) is 13.5 Å². The Hall–Kier alpha value is -1.39. The van der Waals surface area contributed by atoms with Crippen LogP contribution in [0.4, 0.5) is 0 Å².